The molecule has 2 aromatic carbocycles. The van der Waals surface area contributed by atoms with Gasteiger partial charge in [0.2, 0.25) is 0 Å². The third-order valence-corrected chi connectivity index (χ3v) is 4.64. The zero-order chi connectivity index (χ0) is 18.0. The first-order valence-corrected chi connectivity index (χ1v) is 8.11. The van der Waals surface area contributed by atoms with Crippen LogP contribution in [0.15, 0.2) is 30.3 Å². The van der Waals surface area contributed by atoms with E-state index in [1.807, 2.05) is 24.3 Å². The number of ether oxygens (including phenoxy) is 4. The zero-order valence-electron chi connectivity index (χ0n) is 14.9. The Hall–Kier alpha value is -2.69. The van der Waals surface area contributed by atoms with Crippen LogP contribution in [0.3, 0.4) is 0 Å². The van der Waals surface area contributed by atoms with Gasteiger partial charge >= 0.3 is 0 Å². The first kappa shape index (κ1) is 17.1. The molecular formula is C20H22O5. The second kappa shape index (κ2) is 7.05. The topological polar surface area (TPSA) is 54.0 Å². The molecule has 1 atom stereocenters. The van der Waals surface area contributed by atoms with E-state index in [0.717, 1.165) is 16.7 Å². The summed E-state index contributed by atoms with van der Waals surface area (Å²) in [5.74, 6) is 2.64. The maximum absolute atomic E-state index is 12.8. The van der Waals surface area contributed by atoms with Crippen LogP contribution in [0.4, 0.5) is 0 Å². The molecule has 0 amide bonds. The summed E-state index contributed by atoms with van der Waals surface area (Å²) >= 11 is 0. The van der Waals surface area contributed by atoms with Gasteiger partial charge in [0.25, 0.3) is 0 Å². The van der Waals surface area contributed by atoms with Gasteiger partial charge in [0, 0.05) is 11.5 Å². The lowest BCUT2D eigenvalue weighted by molar-refractivity contribution is 0.0936. The van der Waals surface area contributed by atoms with Crippen LogP contribution in [-0.2, 0) is 12.8 Å². The molecule has 0 radical (unpaired) electrons. The van der Waals surface area contributed by atoms with Crippen LogP contribution in [-0.4, -0.2) is 34.2 Å². The Bertz CT molecular complexity index is 797. The van der Waals surface area contributed by atoms with Crippen LogP contribution in [0.25, 0.3) is 0 Å². The van der Waals surface area contributed by atoms with E-state index in [0.29, 0.717) is 35.8 Å². The Balaban J connectivity index is 1.85. The maximum Gasteiger partial charge on any atom is 0.167 e. The van der Waals surface area contributed by atoms with E-state index in [-0.39, 0.29) is 11.7 Å². The highest BCUT2D eigenvalue weighted by Gasteiger charge is 2.32. The smallest absolute Gasteiger partial charge is 0.167 e. The van der Waals surface area contributed by atoms with Gasteiger partial charge in [-0.05, 0) is 48.2 Å². The molecule has 1 aliphatic rings. The zero-order valence-corrected chi connectivity index (χ0v) is 14.9. The molecule has 0 heterocycles. The molecule has 0 aliphatic heterocycles. The summed E-state index contributed by atoms with van der Waals surface area (Å²) in [5, 5.41) is 0. The quantitative estimate of drug-likeness (QED) is 0.806. The van der Waals surface area contributed by atoms with Gasteiger partial charge in [-0.15, -0.1) is 0 Å². The molecule has 25 heavy (non-hydrogen) atoms. The monoisotopic (exact) mass is 342 g/mol. The van der Waals surface area contributed by atoms with Gasteiger partial charge in [0.1, 0.15) is 0 Å². The lowest BCUT2D eigenvalue weighted by atomic mass is 9.95. The van der Waals surface area contributed by atoms with Gasteiger partial charge in [-0.2, -0.15) is 0 Å². The van der Waals surface area contributed by atoms with Gasteiger partial charge in [-0.3, -0.25) is 4.79 Å². The predicted octanol–water partition coefficient (Wildman–Crippen LogP) is 3.32. The highest BCUT2D eigenvalue weighted by Crippen LogP contribution is 2.38. The molecule has 5 nitrogen and oxygen atoms in total. The van der Waals surface area contributed by atoms with E-state index >= 15 is 0 Å². The summed E-state index contributed by atoms with van der Waals surface area (Å²) < 4.78 is 21.3. The van der Waals surface area contributed by atoms with Crippen LogP contribution < -0.4 is 18.9 Å². The number of fused-ring (bicyclic) bond motifs is 1. The Morgan fingerprint density at radius 3 is 2.08 bits per heavy atom. The molecule has 5 heteroatoms. The van der Waals surface area contributed by atoms with Crippen molar-refractivity contribution in [3.05, 3.63) is 47.0 Å². The number of carbonyl (C=O) groups is 1. The van der Waals surface area contributed by atoms with Gasteiger partial charge < -0.3 is 18.9 Å². The minimum Gasteiger partial charge on any atom is -0.493 e. The van der Waals surface area contributed by atoms with Gasteiger partial charge in [0.15, 0.2) is 28.8 Å². The Morgan fingerprint density at radius 2 is 1.44 bits per heavy atom. The third kappa shape index (κ3) is 3.14. The second-order valence-corrected chi connectivity index (χ2v) is 6.02. The molecule has 2 aromatic rings. The van der Waals surface area contributed by atoms with Crippen LogP contribution in [0.2, 0.25) is 0 Å². The van der Waals surface area contributed by atoms with Crippen molar-refractivity contribution in [3.63, 3.8) is 0 Å². The van der Waals surface area contributed by atoms with Crippen molar-refractivity contribution in [3.8, 4) is 23.0 Å². The minimum atomic E-state index is -0.0927. The Morgan fingerprint density at radius 1 is 0.840 bits per heavy atom. The molecular weight excluding hydrogens is 320 g/mol. The number of carbonyl (C=O) groups excluding carboxylic acids is 1. The van der Waals surface area contributed by atoms with Crippen LogP contribution in [0, 0.1) is 5.92 Å². The average Bonchev–Trinajstić information content (AvgIpc) is 2.95. The van der Waals surface area contributed by atoms with Gasteiger partial charge in [-0.25, -0.2) is 0 Å². The van der Waals surface area contributed by atoms with Crippen LogP contribution in [0.1, 0.15) is 21.5 Å². The highest BCUT2D eigenvalue weighted by molar-refractivity contribution is 6.03. The molecule has 0 saturated heterocycles. The molecule has 0 spiro atoms. The number of rotatable bonds is 6. The molecule has 3 rings (SSSR count). The fourth-order valence-electron chi connectivity index (χ4n) is 3.35. The van der Waals surface area contributed by atoms with E-state index in [1.54, 1.807) is 34.5 Å². The van der Waals surface area contributed by atoms with Gasteiger partial charge in [-0.1, -0.05) is 6.07 Å². The van der Waals surface area contributed by atoms with Gasteiger partial charge in [0.05, 0.1) is 28.4 Å². The lowest BCUT2D eigenvalue weighted by Crippen LogP contribution is -2.12. The number of benzene rings is 2. The number of ketones is 1. The summed E-state index contributed by atoms with van der Waals surface area (Å²) in [7, 11) is 6.39. The molecule has 132 valence electrons. The van der Waals surface area contributed by atoms with Crippen molar-refractivity contribution in [2.75, 3.05) is 28.4 Å². The maximum atomic E-state index is 12.8. The summed E-state index contributed by atoms with van der Waals surface area (Å²) in [5.41, 5.74) is 2.78. The second-order valence-electron chi connectivity index (χ2n) is 6.02. The fraction of sp³-hybridized carbons (Fsp3) is 0.350. The van der Waals surface area contributed by atoms with E-state index in [4.69, 9.17) is 18.9 Å². The Labute approximate surface area is 147 Å². The number of hydrogen-bond acceptors (Lipinski definition) is 5. The average molecular weight is 342 g/mol. The summed E-state index contributed by atoms with van der Waals surface area (Å²) in [6.07, 6.45) is 1.35. The standard InChI is InChI=1S/C20H22O5/c1-22-16-6-5-12(8-17(16)23-2)7-14-9-13-10-18(24-3)19(25-4)11-15(13)20(14)21/h5-6,8,10-11,14H,7,9H2,1-4H3. The molecule has 0 bridgehead atoms. The van der Waals surface area contributed by atoms with E-state index in [1.165, 1.54) is 0 Å². The lowest BCUT2D eigenvalue weighted by Gasteiger charge is -2.12. The largest absolute Gasteiger partial charge is 0.493 e. The number of methoxy groups -OCH3 is 4. The van der Waals surface area contributed by atoms with Crippen molar-refractivity contribution in [2.45, 2.75) is 12.8 Å². The first-order valence-electron chi connectivity index (χ1n) is 8.11. The number of hydrogen-bond donors (Lipinski definition) is 0. The van der Waals surface area contributed by atoms with Crippen molar-refractivity contribution < 1.29 is 23.7 Å². The van der Waals surface area contributed by atoms with Crippen LogP contribution in [0.5, 0.6) is 23.0 Å². The highest BCUT2D eigenvalue weighted by atomic mass is 16.5. The van der Waals surface area contributed by atoms with Crippen molar-refractivity contribution >= 4 is 5.78 Å². The van der Waals surface area contributed by atoms with E-state index < -0.39 is 0 Å². The summed E-state index contributed by atoms with van der Waals surface area (Å²) in [6, 6.07) is 9.45. The van der Waals surface area contributed by atoms with E-state index in [2.05, 4.69) is 0 Å². The summed E-state index contributed by atoms with van der Waals surface area (Å²) in [6.45, 7) is 0. The molecule has 0 saturated carbocycles. The first-order chi connectivity index (χ1) is 12.1. The molecule has 1 unspecified atom stereocenters. The predicted molar refractivity (Wildman–Crippen MR) is 94.3 cm³/mol. The molecule has 0 fully saturated rings. The molecule has 0 aromatic heterocycles. The van der Waals surface area contributed by atoms with Crippen molar-refractivity contribution in [1.82, 2.24) is 0 Å². The number of Topliss-reactive ketones (excluding diaryl/α,β-unsaturated/α-hetero) is 1. The molecule has 0 N–H and O–H groups in total. The minimum absolute atomic E-state index is 0.0927. The summed E-state index contributed by atoms with van der Waals surface area (Å²) in [4.78, 5) is 12.8. The molecule has 1 aliphatic carbocycles. The van der Waals surface area contributed by atoms with Crippen molar-refractivity contribution in [2.24, 2.45) is 5.92 Å². The fourth-order valence-corrected chi connectivity index (χ4v) is 3.35. The third-order valence-electron chi connectivity index (χ3n) is 4.64. The van der Waals surface area contributed by atoms with Crippen molar-refractivity contribution in [1.29, 1.82) is 0 Å². The normalized spacial score (nSPS) is 15.7. The van der Waals surface area contributed by atoms with Crippen LogP contribution >= 0.6 is 0 Å². The Kier molecular flexibility index (Phi) is 4.83. The van der Waals surface area contributed by atoms with E-state index in [9.17, 15) is 4.79 Å². The SMILES string of the molecule is COc1ccc(CC2Cc3cc(OC)c(OC)cc3C2=O)cc1OC.